The van der Waals surface area contributed by atoms with Crippen LogP contribution in [-0.4, -0.2) is 22.5 Å². The maximum Gasteiger partial charge on any atom is 0.318 e. The summed E-state index contributed by atoms with van der Waals surface area (Å²) in [5.74, 6) is 0.430. The lowest BCUT2D eigenvalue weighted by Gasteiger charge is -2.26. The third-order valence-corrected chi connectivity index (χ3v) is 5.25. The molecule has 1 atom stereocenters. The third-order valence-electron chi connectivity index (χ3n) is 3.49. The van der Waals surface area contributed by atoms with Gasteiger partial charge in [0, 0.05) is 16.3 Å². The van der Waals surface area contributed by atoms with Crippen molar-refractivity contribution >= 4 is 28.7 Å². The number of hydrogen-bond acceptors (Lipinski definition) is 4. The van der Waals surface area contributed by atoms with E-state index in [1.807, 2.05) is 30.2 Å². The first-order chi connectivity index (χ1) is 10.9. The Hall–Kier alpha value is -1.40. The van der Waals surface area contributed by atoms with Crippen LogP contribution < -0.4 is 5.32 Å². The fourth-order valence-electron chi connectivity index (χ4n) is 2.54. The lowest BCUT2D eigenvalue weighted by molar-refractivity contribution is 0.185. The number of thiazole rings is 1. The van der Waals surface area contributed by atoms with E-state index in [4.69, 9.17) is 0 Å². The van der Waals surface area contributed by atoms with Gasteiger partial charge in [-0.05, 0) is 38.1 Å². The largest absolute Gasteiger partial charge is 0.330 e. The number of nitrogens with zero attached hydrogens (tertiary/aromatic N) is 2. The molecule has 2 heterocycles. The number of rotatable bonds is 6. The summed E-state index contributed by atoms with van der Waals surface area (Å²) >= 11 is 3.36. The zero-order valence-corrected chi connectivity index (χ0v) is 16.1. The van der Waals surface area contributed by atoms with Crippen LogP contribution in [0.1, 0.15) is 47.3 Å². The molecule has 2 amide bonds. The molecule has 4 nitrogen and oxygen atoms in total. The number of aromatic nitrogens is 1. The Kier molecular flexibility index (Phi) is 6.18. The van der Waals surface area contributed by atoms with E-state index in [1.54, 1.807) is 22.7 Å². The molecule has 1 unspecified atom stereocenters. The van der Waals surface area contributed by atoms with E-state index in [2.05, 4.69) is 37.1 Å². The zero-order valence-electron chi connectivity index (χ0n) is 14.4. The van der Waals surface area contributed by atoms with Crippen molar-refractivity contribution in [2.75, 3.05) is 6.54 Å². The molecule has 1 N–H and O–H groups in total. The van der Waals surface area contributed by atoms with Crippen LogP contribution in [0.3, 0.4) is 0 Å². The van der Waals surface area contributed by atoms with E-state index in [1.165, 1.54) is 9.75 Å². The van der Waals surface area contributed by atoms with Gasteiger partial charge in [-0.15, -0.1) is 22.7 Å². The van der Waals surface area contributed by atoms with Crippen molar-refractivity contribution in [3.05, 3.63) is 38.0 Å². The van der Waals surface area contributed by atoms with Crippen molar-refractivity contribution in [3.8, 4) is 0 Å². The van der Waals surface area contributed by atoms with Crippen molar-refractivity contribution in [3.63, 3.8) is 0 Å². The lowest BCUT2D eigenvalue weighted by atomic mass is 10.2. The minimum atomic E-state index is -0.0783. The summed E-state index contributed by atoms with van der Waals surface area (Å²) in [7, 11) is 0. The van der Waals surface area contributed by atoms with Crippen LogP contribution in [0.15, 0.2) is 17.5 Å². The molecule has 2 aromatic rings. The van der Waals surface area contributed by atoms with Crippen molar-refractivity contribution in [2.24, 2.45) is 5.92 Å². The molecule has 0 saturated heterocycles. The van der Waals surface area contributed by atoms with Crippen LogP contribution in [-0.2, 0) is 6.54 Å². The topological polar surface area (TPSA) is 45.2 Å². The zero-order chi connectivity index (χ0) is 17.0. The number of carbonyl (C=O) groups is 1. The van der Waals surface area contributed by atoms with E-state index in [0.29, 0.717) is 12.5 Å². The smallest absolute Gasteiger partial charge is 0.318 e. The number of aryl methyl sites for hydroxylation is 2. The van der Waals surface area contributed by atoms with Gasteiger partial charge in [-0.1, -0.05) is 19.9 Å². The number of hydrogen-bond donors (Lipinski definition) is 1. The summed E-state index contributed by atoms with van der Waals surface area (Å²) in [5.41, 5.74) is 0.974. The molecule has 0 bridgehead atoms. The number of carbonyl (C=O) groups excluding carboxylic acids is 1. The van der Waals surface area contributed by atoms with Crippen molar-refractivity contribution in [1.29, 1.82) is 0 Å². The van der Waals surface area contributed by atoms with E-state index < -0.39 is 0 Å². The van der Waals surface area contributed by atoms with Crippen LogP contribution in [0, 0.1) is 19.8 Å². The molecule has 126 valence electrons. The molecule has 2 rings (SSSR count). The average molecular weight is 352 g/mol. The predicted molar refractivity (Wildman–Crippen MR) is 98.1 cm³/mol. The van der Waals surface area contributed by atoms with Gasteiger partial charge in [0.1, 0.15) is 0 Å². The van der Waals surface area contributed by atoms with E-state index in [0.717, 1.165) is 17.2 Å². The lowest BCUT2D eigenvalue weighted by Crippen LogP contribution is -2.42. The molecule has 0 radical (unpaired) electrons. The monoisotopic (exact) mass is 351 g/mol. The van der Waals surface area contributed by atoms with Gasteiger partial charge in [-0.2, -0.15) is 0 Å². The Morgan fingerprint density at radius 1 is 1.35 bits per heavy atom. The van der Waals surface area contributed by atoms with Crippen molar-refractivity contribution in [2.45, 2.75) is 47.2 Å². The van der Waals surface area contributed by atoms with Gasteiger partial charge in [0.15, 0.2) is 0 Å². The second-order valence-electron chi connectivity index (χ2n) is 6.20. The molecule has 0 aliphatic carbocycles. The van der Waals surface area contributed by atoms with Crippen molar-refractivity contribution in [1.82, 2.24) is 15.2 Å². The number of amides is 2. The molecule has 0 aliphatic heterocycles. The quantitative estimate of drug-likeness (QED) is 0.816. The van der Waals surface area contributed by atoms with Crippen molar-refractivity contribution < 1.29 is 4.79 Å². The first kappa shape index (κ1) is 17.9. The molecule has 0 aromatic carbocycles. The fraction of sp³-hybridized carbons (Fsp3) is 0.529. The van der Waals surface area contributed by atoms with Crippen LogP contribution in [0.2, 0.25) is 0 Å². The molecule has 0 saturated carbocycles. The van der Waals surface area contributed by atoms with Crippen LogP contribution in [0.4, 0.5) is 4.79 Å². The van der Waals surface area contributed by atoms with Crippen LogP contribution >= 0.6 is 22.7 Å². The maximum atomic E-state index is 12.7. The number of urea groups is 1. The highest BCUT2D eigenvalue weighted by molar-refractivity contribution is 7.11. The van der Waals surface area contributed by atoms with Gasteiger partial charge >= 0.3 is 6.03 Å². The Morgan fingerprint density at radius 3 is 2.61 bits per heavy atom. The minimum absolute atomic E-state index is 0.0235. The summed E-state index contributed by atoms with van der Waals surface area (Å²) < 4.78 is 0. The van der Waals surface area contributed by atoms with E-state index in [9.17, 15) is 4.79 Å². The van der Waals surface area contributed by atoms with Gasteiger partial charge in [-0.3, -0.25) is 0 Å². The third kappa shape index (κ3) is 5.04. The standard InChI is InChI=1S/C17H25N3OS2/c1-11(2)9-20(10-15-7-6-8-22-15)17(21)18-12(3)16-13(4)23-14(5)19-16/h6-8,11-12H,9-10H2,1-5H3,(H,18,21). The highest BCUT2D eigenvalue weighted by atomic mass is 32.1. The summed E-state index contributed by atoms with van der Waals surface area (Å²) in [4.78, 5) is 21.5. The van der Waals surface area contributed by atoms with Gasteiger partial charge < -0.3 is 10.2 Å². The molecular formula is C17H25N3OS2. The Bertz CT molecular complexity index is 634. The van der Waals surface area contributed by atoms with Gasteiger partial charge in [0.2, 0.25) is 0 Å². The van der Waals surface area contributed by atoms with E-state index >= 15 is 0 Å². The summed E-state index contributed by atoms with van der Waals surface area (Å²) in [6.45, 7) is 11.7. The second kappa shape index (κ2) is 7.93. The maximum absolute atomic E-state index is 12.7. The van der Waals surface area contributed by atoms with Crippen LogP contribution in [0.5, 0.6) is 0 Å². The Labute approximate surface area is 146 Å². The fourth-order valence-corrected chi connectivity index (χ4v) is 4.18. The SMILES string of the molecule is Cc1nc(C(C)NC(=O)N(Cc2cccs2)CC(C)C)c(C)s1. The van der Waals surface area contributed by atoms with Gasteiger partial charge in [0.05, 0.1) is 23.3 Å². The number of nitrogens with one attached hydrogen (secondary N) is 1. The first-order valence-electron chi connectivity index (χ1n) is 7.88. The normalized spacial score (nSPS) is 12.4. The minimum Gasteiger partial charge on any atom is -0.330 e. The number of thiophene rings is 1. The van der Waals surface area contributed by atoms with Gasteiger partial charge in [0.25, 0.3) is 0 Å². The second-order valence-corrected chi connectivity index (χ2v) is 8.64. The molecule has 2 aromatic heterocycles. The molecular weight excluding hydrogens is 326 g/mol. The highest BCUT2D eigenvalue weighted by Crippen LogP contribution is 2.23. The Balaban J connectivity index is 2.05. The van der Waals surface area contributed by atoms with Crippen LogP contribution in [0.25, 0.3) is 0 Å². The highest BCUT2D eigenvalue weighted by Gasteiger charge is 2.20. The van der Waals surface area contributed by atoms with E-state index in [-0.39, 0.29) is 12.1 Å². The Morgan fingerprint density at radius 2 is 2.09 bits per heavy atom. The predicted octanol–water partition coefficient (Wildman–Crippen LogP) is 4.75. The molecule has 0 fully saturated rings. The molecule has 23 heavy (non-hydrogen) atoms. The first-order valence-corrected chi connectivity index (χ1v) is 9.58. The molecule has 0 spiro atoms. The molecule has 6 heteroatoms. The average Bonchev–Trinajstić information content (AvgIpc) is 3.07. The van der Waals surface area contributed by atoms with Gasteiger partial charge in [-0.25, -0.2) is 9.78 Å². The summed E-state index contributed by atoms with van der Waals surface area (Å²) in [6.07, 6.45) is 0. The summed E-state index contributed by atoms with van der Waals surface area (Å²) in [6, 6.07) is 3.99. The summed E-state index contributed by atoms with van der Waals surface area (Å²) in [5, 5.41) is 6.19. The molecule has 0 aliphatic rings.